The molecule has 0 aliphatic carbocycles. The molecule has 108 valence electrons. The molecular weight excluding hydrogens is 242 g/mol. The summed E-state index contributed by atoms with van der Waals surface area (Å²) in [5.41, 5.74) is 7.46. The second-order valence-corrected chi connectivity index (χ2v) is 4.74. The van der Waals surface area contributed by atoms with Crippen LogP contribution in [0, 0.1) is 0 Å². The monoisotopic (exact) mass is 267 g/mol. The normalized spacial score (nSPS) is 10.7. The zero-order valence-electron chi connectivity index (χ0n) is 12.2. The maximum absolute atomic E-state index is 11.9. The highest BCUT2D eigenvalue weighted by Gasteiger charge is 2.20. The lowest BCUT2D eigenvalue weighted by atomic mass is 10.2. The van der Waals surface area contributed by atoms with Gasteiger partial charge in [-0.15, -0.1) is 0 Å². The number of rotatable bonds is 8. The lowest BCUT2D eigenvalue weighted by Gasteiger charge is -2.05. The summed E-state index contributed by atoms with van der Waals surface area (Å²) in [6.07, 6.45) is 6.37. The van der Waals surface area contributed by atoms with Gasteiger partial charge < -0.3 is 10.5 Å². The number of nitrogen functional groups attached to an aromatic ring is 1. The van der Waals surface area contributed by atoms with Gasteiger partial charge in [0.2, 0.25) is 0 Å². The highest BCUT2D eigenvalue weighted by Crippen LogP contribution is 2.18. The molecule has 0 saturated carbocycles. The van der Waals surface area contributed by atoms with Crippen LogP contribution in [0.5, 0.6) is 0 Å². The van der Waals surface area contributed by atoms with Gasteiger partial charge >= 0.3 is 5.97 Å². The van der Waals surface area contributed by atoms with E-state index in [1.54, 1.807) is 7.05 Å². The third kappa shape index (κ3) is 4.26. The topological polar surface area (TPSA) is 70.1 Å². The van der Waals surface area contributed by atoms with Gasteiger partial charge in [-0.3, -0.25) is 4.68 Å². The zero-order chi connectivity index (χ0) is 14.3. The molecule has 0 atom stereocenters. The molecule has 0 fully saturated rings. The Hall–Kier alpha value is -1.52. The summed E-state index contributed by atoms with van der Waals surface area (Å²) in [4.78, 5) is 11.9. The lowest BCUT2D eigenvalue weighted by molar-refractivity contribution is 0.0486. The van der Waals surface area contributed by atoms with E-state index in [1.807, 2.05) is 6.92 Å². The van der Waals surface area contributed by atoms with Gasteiger partial charge in [0, 0.05) is 7.05 Å². The van der Waals surface area contributed by atoms with E-state index in [-0.39, 0.29) is 5.97 Å². The number of nitrogens with zero attached hydrogens (tertiary/aromatic N) is 2. The molecule has 1 heterocycles. The molecule has 5 heteroatoms. The highest BCUT2D eigenvalue weighted by atomic mass is 16.5. The Bertz CT molecular complexity index is 413. The third-order valence-electron chi connectivity index (χ3n) is 3.17. The van der Waals surface area contributed by atoms with E-state index in [0.717, 1.165) is 18.5 Å². The fourth-order valence-electron chi connectivity index (χ4n) is 2.04. The van der Waals surface area contributed by atoms with E-state index in [2.05, 4.69) is 12.0 Å². The van der Waals surface area contributed by atoms with Gasteiger partial charge in [-0.1, -0.05) is 39.5 Å². The molecule has 0 saturated heterocycles. The summed E-state index contributed by atoms with van der Waals surface area (Å²) in [5.74, 6) is -0.373. The van der Waals surface area contributed by atoms with Crippen LogP contribution < -0.4 is 5.73 Å². The van der Waals surface area contributed by atoms with Crippen LogP contribution in [0.4, 0.5) is 5.69 Å². The molecular formula is C14H25N3O2. The van der Waals surface area contributed by atoms with Gasteiger partial charge in [0.05, 0.1) is 18.0 Å². The van der Waals surface area contributed by atoms with Crippen LogP contribution >= 0.6 is 0 Å². The Kier molecular flexibility index (Phi) is 6.39. The molecule has 0 unspecified atom stereocenters. The first-order valence-corrected chi connectivity index (χ1v) is 7.10. The summed E-state index contributed by atoms with van der Waals surface area (Å²) in [5, 5.41) is 4.21. The average molecular weight is 267 g/mol. The first-order chi connectivity index (χ1) is 9.11. The number of unbranched alkanes of at least 4 members (excludes halogenated alkanes) is 4. The molecule has 1 rings (SSSR count). The second-order valence-electron chi connectivity index (χ2n) is 4.74. The van der Waals surface area contributed by atoms with Crippen molar-refractivity contribution >= 4 is 11.7 Å². The molecule has 0 aliphatic heterocycles. The smallest absolute Gasteiger partial charge is 0.358 e. The Morgan fingerprint density at radius 1 is 1.26 bits per heavy atom. The van der Waals surface area contributed by atoms with Crippen molar-refractivity contribution in [2.24, 2.45) is 7.05 Å². The zero-order valence-corrected chi connectivity index (χ0v) is 12.2. The van der Waals surface area contributed by atoms with Gasteiger partial charge in [0.1, 0.15) is 0 Å². The van der Waals surface area contributed by atoms with Crippen molar-refractivity contribution < 1.29 is 9.53 Å². The summed E-state index contributed by atoms with van der Waals surface area (Å²) >= 11 is 0. The number of carbonyl (C=O) groups is 1. The third-order valence-corrected chi connectivity index (χ3v) is 3.17. The second kappa shape index (κ2) is 7.81. The first kappa shape index (κ1) is 15.5. The van der Waals surface area contributed by atoms with Crippen LogP contribution in [0.2, 0.25) is 0 Å². The van der Waals surface area contributed by atoms with Crippen molar-refractivity contribution in [3.63, 3.8) is 0 Å². The summed E-state index contributed by atoms with van der Waals surface area (Å²) in [7, 11) is 1.72. The number of hydrogen-bond donors (Lipinski definition) is 1. The van der Waals surface area contributed by atoms with Crippen LogP contribution in [-0.4, -0.2) is 22.4 Å². The summed E-state index contributed by atoms with van der Waals surface area (Å²) in [6.45, 7) is 4.59. The molecule has 0 amide bonds. The lowest BCUT2D eigenvalue weighted by Crippen LogP contribution is -2.13. The molecule has 1 aromatic rings. The fraction of sp³-hybridized carbons (Fsp3) is 0.714. The van der Waals surface area contributed by atoms with Crippen LogP contribution in [0.25, 0.3) is 0 Å². The SMILES string of the molecule is CCCCCCCOC(=O)c1c(N)c(CC)nn1C. The Labute approximate surface area is 115 Å². The van der Waals surface area contributed by atoms with Crippen LogP contribution in [0.1, 0.15) is 62.1 Å². The van der Waals surface area contributed by atoms with Gasteiger partial charge in [-0.05, 0) is 12.8 Å². The minimum absolute atomic E-state index is 0.366. The van der Waals surface area contributed by atoms with E-state index in [0.29, 0.717) is 24.4 Å². The van der Waals surface area contributed by atoms with Crippen molar-refractivity contribution in [1.82, 2.24) is 9.78 Å². The molecule has 0 bridgehead atoms. The van der Waals surface area contributed by atoms with Gasteiger partial charge in [0.15, 0.2) is 5.69 Å². The molecule has 19 heavy (non-hydrogen) atoms. The summed E-state index contributed by atoms with van der Waals surface area (Å²) < 4.78 is 6.76. The standard InChI is InChI=1S/C14H25N3O2/c1-4-6-7-8-9-10-19-14(18)13-12(15)11(5-2)16-17(13)3/h4-10,15H2,1-3H3. The molecule has 2 N–H and O–H groups in total. The van der Waals surface area contributed by atoms with Gasteiger partial charge in [-0.2, -0.15) is 5.10 Å². The molecule has 5 nitrogen and oxygen atoms in total. The van der Waals surface area contributed by atoms with Crippen LogP contribution in [0.3, 0.4) is 0 Å². The fourth-order valence-corrected chi connectivity index (χ4v) is 2.04. The average Bonchev–Trinajstić information content (AvgIpc) is 2.68. The van der Waals surface area contributed by atoms with Crippen molar-refractivity contribution in [3.05, 3.63) is 11.4 Å². The summed E-state index contributed by atoms with van der Waals surface area (Å²) in [6, 6.07) is 0. The maximum atomic E-state index is 11.9. The van der Waals surface area contributed by atoms with E-state index in [9.17, 15) is 4.79 Å². The number of aromatic nitrogens is 2. The Balaban J connectivity index is 2.43. The van der Waals surface area contributed by atoms with Gasteiger partial charge in [0.25, 0.3) is 0 Å². The van der Waals surface area contributed by atoms with E-state index >= 15 is 0 Å². The molecule has 0 aliphatic rings. The highest BCUT2D eigenvalue weighted by molar-refractivity contribution is 5.93. The molecule has 0 spiro atoms. The number of anilines is 1. The number of aryl methyl sites for hydroxylation is 2. The minimum Gasteiger partial charge on any atom is -0.461 e. The molecule has 0 aromatic carbocycles. The van der Waals surface area contributed by atoms with Crippen LogP contribution in [-0.2, 0) is 18.2 Å². The predicted molar refractivity (Wildman–Crippen MR) is 76.0 cm³/mol. The predicted octanol–water partition coefficient (Wildman–Crippen LogP) is 2.69. The van der Waals surface area contributed by atoms with Crippen molar-refractivity contribution in [1.29, 1.82) is 0 Å². The van der Waals surface area contributed by atoms with E-state index < -0.39 is 0 Å². The Morgan fingerprint density at radius 2 is 1.95 bits per heavy atom. The largest absolute Gasteiger partial charge is 0.461 e. The maximum Gasteiger partial charge on any atom is 0.358 e. The van der Waals surface area contributed by atoms with Crippen molar-refractivity contribution in [3.8, 4) is 0 Å². The number of hydrogen-bond acceptors (Lipinski definition) is 4. The number of esters is 1. The van der Waals surface area contributed by atoms with Crippen molar-refractivity contribution in [2.45, 2.75) is 52.4 Å². The van der Waals surface area contributed by atoms with E-state index in [4.69, 9.17) is 10.5 Å². The minimum atomic E-state index is -0.373. The number of carbonyl (C=O) groups excluding carboxylic acids is 1. The quantitative estimate of drug-likeness (QED) is 0.580. The molecule has 1 aromatic heterocycles. The Morgan fingerprint density at radius 3 is 2.53 bits per heavy atom. The number of ether oxygens (including phenoxy) is 1. The molecule has 0 radical (unpaired) electrons. The van der Waals surface area contributed by atoms with Crippen LogP contribution in [0.15, 0.2) is 0 Å². The number of nitrogens with two attached hydrogens (primary N) is 1. The van der Waals surface area contributed by atoms with Crippen molar-refractivity contribution in [2.75, 3.05) is 12.3 Å². The van der Waals surface area contributed by atoms with Gasteiger partial charge in [-0.25, -0.2) is 4.79 Å². The first-order valence-electron chi connectivity index (χ1n) is 7.10. The van der Waals surface area contributed by atoms with E-state index in [1.165, 1.54) is 23.9 Å².